The molecular formula is C16H19F3N6O. The number of carbonyl (C=O) groups excluding carboxylic acids is 1. The number of nitrogens with zero attached hydrogens (tertiary/aromatic N) is 2. The van der Waals surface area contributed by atoms with Gasteiger partial charge in [0.2, 0.25) is 5.95 Å². The molecule has 0 spiro atoms. The van der Waals surface area contributed by atoms with Gasteiger partial charge in [-0.25, -0.2) is 22.9 Å². The summed E-state index contributed by atoms with van der Waals surface area (Å²) in [5.41, 5.74) is 0.328. The van der Waals surface area contributed by atoms with Gasteiger partial charge in [-0.15, -0.1) is 0 Å². The fourth-order valence-corrected chi connectivity index (χ4v) is 2.05. The quantitative estimate of drug-likeness (QED) is 0.446. The molecule has 7 nitrogen and oxygen atoms in total. The Hall–Kier alpha value is -3.04. The predicted octanol–water partition coefficient (Wildman–Crippen LogP) is 2.87. The van der Waals surface area contributed by atoms with Gasteiger partial charge in [0, 0.05) is 31.4 Å². The van der Waals surface area contributed by atoms with E-state index in [0.29, 0.717) is 24.9 Å². The summed E-state index contributed by atoms with van der Waals surface area (Å²) < 4.78 is 39.4. The number of amides is 2. The number of hydrogen-bond donors (Lipinski definition) is 4. The van der Waals surface area contributed by atoms with Crippen LogP contribution in [0.5, 0.6) is 0 Å². The zero-order valence-electron chi connectivity index (χ0n) is 14.3. The summed E-state index contributed by atoms with van der Waals surface area (Å²) in [6.07, 6.45) is 0. The number of benzene rings is 1. The Bertz CT molecular complexity index is 787. The molecule has 1 aromatic heterocycles. The van der Waals surface area contributed by atoms with E-state index in [-0.39, 0.29) is 6.54 Å². The van der Waals surface area contributed by atoms with E-state index in [1.165, 1.54) is 0 Å². The van der Waals surface area contributed by atoms with Crippen molar-refractivity contribution in [1.82, 2.24) is 15.3 Å². The average molecular weight is 368 g/mol. The minimum Gasteiger partial charge on any atom is -0.368 e. The van der Waals surface area contributed by atoms with E-state index in [4.69, 9.17) is 0 Å². The van der Waals surface area contributed by atoms with Gasteiger partial charge in [0.25, 0.3) is 0 Å². The molecular weight excluding hydrogens is 349 g/mol. The molecule has 0 fully saturated rings. The molecule has 10 heteroatoms. The molecule has 0 saturated heterocycles. The number of halogens is 3. The molecule has 2 rings (SSSR count). The Morgan fingerprint density at radius 1 is 1.08 bits per heavy atom. The minimum atomic E-state index is -1.64. The molecule has 140 valence electrons. The van der Waals surface area contributed by atoms with Crippen molar-refractivity contribution in [2.45, 2.75) is 13.8 Å². The lowest BCUT2D eigenvalue weighted by atomic mass is 10.3. The minimum absolute atomic E-state index is 0.191. The molecule has 2 amide bonds. The molecule has 0 aliphatic carbocycles. The maximum Gasteiger partial charge on any atom is 0.319 e. The fraction of sp³-hybridized carbons (Fsp3) is 0.312. The molecule has 1 heterocycles. The SMILES string of the molecule is CCNc1nc(C)cc(NCCNC(=O)Nc2ccc(F)c(F)c2F)n1. The third-order valence-electron chi connectivity index (χ3n) is 3.19. The van der Waals surface area contributed by atoms with Crippen LogP contribution in [-0.4, -0.2) is 35.6 Å². The van der Waals surface area contributed by atoms with E-state index in [9.17, 15) is 18.0 Å². The van der Waals surface area contributed by atoms with Crippen LogP contribution in [0, 0.1) is 24.4 Å². The Morgan fingerprint density at radius 3 is 2.58 bits per heavy atom. The first-order valence-electron chi connectivity index (χ1n) is 7.92. The van der Waals surface area contributed by atoms with Crippen molar-refractivity contribution >= 4 is 23.5 Å². The van der Waals surface area contributed by atoms with Crippen molar-refractivity contribution in [1.29, 1.82) is 0 Å². The first kappa shape index (κ1) is 19.3. The third kappa shape index (κ3) is 5.23. The molecule has 4 N–H and O–H groups in total. The normalized spacial score (nSPS) is 10.3. The highest BCUT2D eigenvalue weighted by atomic mass is 19.2. The summed E-state index contributed by atoms with van der Waals surface area (Å²) in [7, 11) is 0. The van der Waals surface area contributed by atoms with E-state index in [0.717, 1.165) is 17.8 Å². The van der Waals surface area contributed by atoms with Gasteiger partial charge in [-0.3, -0.25) is 0 Å². The zero-order chi connectivity index (χ0) is 19.1. The number of aryl methyl sites for hydroxylation is 1. The fourth-order valence-electron chi connectivity index (χ4n) is 2.05. The Labute approximate surface area is 148 Å². The topological polar surface area (TPSA) is 91.0 Å². The van der Waals surface area contributed by atoms with Gasteiger partial charge in [0.15, 0.2) is 17.5 Å². The van der Waals surface area contributed by atoms with Gasteiger partial charge in [-0.05, 0) is 26.0 Å². The van der Waals surface area contributed by atoms with Crippen LogP contribution in [0.4, 0.5) is 35.4 Å². The highest BCUT2D eigenvalue weighted by Crippen LogP contribution is 2.19. The summed E-state index contributed by atoms with van der Waals surface area (Å²) in [5, 5.41) is 10.6. The third-order valence-corrected chi connectivity index (χ3v) is 3.19. The number of carbonyl (C=O) groups is 1. The summed E-state index contributed by atoms with van der Waals surface area (Å²) >= 11 is 0. The number of rotatable bonds is 7. The maximum atomic E-state index is 13.5. The predicted molar refractivity (Wildman–Crippen MR) is 92.8 cm³/mol. The molecule has 0 aliphatic heterocycles. The van der Waals surface area contributed by atoms with Crippen molar-refractivity contribution in [2.24, 2.45) is 0 Å². The monoisotopic (exact) mass is 368 g/mol. The number of hydrogen-bond acceptors (Lipinski definition) is 5. The van der Waals surface area contributed by atoms with Crippen LogP contribution < -0.4 is 21.3 Å². The molecule has 0 saturated carbocycles. The smallest absolute Gasteiger partial charge is 0.319 e. The summed E-state index contributed by atoms with van der Waals surface area (Å²) in [6, 6.07) is 2.67. The van der Waals surface area contributed by atoms with Crippen molar-refractivity contribution < 1.29 is 18.0 Å². The van der Waals surface area contributed by atoms with Crippen molar-refractivity contribution in [3.8, 4) is 0 Å². The van der Waals surface area contributed by atoms with Crippen molar-refractivity contribution in [2.75, 3.05) is 35.6 Å². The van der Waals surface area contributed by atoms with Crippen LogP contribution >= 0.6 is 0 Å². The standard InChI is InChI=1S/C16H19F3N6O/c1-3-20-15-23-9(2)8-12(25-15)21-6-7-22-16(26)24-11-5-4-10(17)13(18)14(11)19/h4-5,8H,3,6-7H2,1-2H3,(H2,22,24,26)(H2,20,21,23,25). The second-order valence-corrected chi connectivity index (χ2v) is 5.28. The van der Waals surface area contributed by atoms with Crippen LogP contribution in [0.25, 0.3) is 0 Å². The van der Waals surface area contributed by atoms with Gasteiger partial charge in [-0.1, -0.05) is 0 Å². The number of aromatic nitrogens is 2. The lowest BCUT2D eigenvalue weighted by Gasteiger charge is -2.11. The van der Waals surface area contributed by atoms with Crippen LogP contribution in [0.15, 0.2) is 18.2 Å². The van der Waals surface area contributed by atoms with Crippen LogP contribution in [0.3, 0.4) is 0 Å². The molecule has 0 radical (unpaired) electrons. The summed E-state index contributed by atoms with van der Waals surface area (Å²) in [6.45, 7) is 4.98. The largest absolute Gasteiger partial charge is 0.368 e. The number of nitrogens with one attached hydrogen (secondary N) is 4. The lowest BCUT2D eigenvalue weighted by Crippen LogP contribution is -2.33. The zero-order valence-corrected chi connectivity index (χ0v) is 14.3. The van der Waals surface area contributed by atoms with Crippen LogP contribution in [0.2, 0.25) is 0 Å². The van der Waals surface area contributed by atoms with Gasteiger partial charge in [-0.2, -0.15) is 4.98 Å². The summed E-state index contributed by atoms with van der Waals surface area (Å²) in [4.78, 5) is 20.2. The highest BCUT2D eigenvalue weighted by Gasteiger charge is 2.14. The average Bonchev–Trinajstić information content (AvgIpc) is 2.59. The molecule has 2 aromatic rings. The van der Waals surface area contributed by atoms with E-state index in [1.807, 2.05) is 13.8 Å². The molecule has 1 aromatic carbocycles. The first-order chi connectivity index (χ1) is 12.4. The Balaban J connectivity index is 1.81. The van der Waals surface area contributed by atoms with Crippen LogP contribution in [0.1, 0.15) is 12.6 Å². The number of anilines is 3. The second-order valence-electron chi connectivity index (χ2n) is 5.28. The van der Waals surface area contributed by atoms with Crippen molar-refractivity contribution in [3.63, 3.8) is 0 Å². The summed E-state index contributed by atoms with van der Waals surface area (Å²) in [5.74, 6) is -3.34. The first-order valence-corrected chi connectivity index (χ1v) is 7.92. The van der Waals surface area contributed by atoms with Crippen LogP contribution in [-0.2, 0) is 0 Å². The van der Waals surface area contributed by atoms with Gasteiger partial charge in [0.05, 0.1) is 5.69 Å². The van der Waals surface area contributed by atoms with Crippen molar-refractivity contribution in [3.05, 3.63) is 41.3 Å². The molecule has 0 bridgehead atoms. The van der Waals surface area contributed by atoms with E-state index >= 15 is 0 Å². The molecule has 0 atom stereocenters. The van der Waals surface area contributed by atoms with Gasteiger partial charge >= 0.3 is 6.03 Å². The lowest BCUT2D eigenvalue weighted by molar-refractivity contribution is 0.252. The highest BCUT2D eigenvalue weighted by molar-refractivity contribution is 5.89. The Morgan fingerprint density at radius 2 is 1.85 bits per heavy atom. The van der Waals surface area contributed by atoms with E-state index < -0.39 is 29.2 Å². The Kier molecular flexibility index (Phi) is 6.59. The molecule has 0 unspecified atom stereocenters. The molecule has 26 heavy (non-hydrogen) atoms. The maximum absolute atomic E-state index is 13.5. The van der Waals surface area contributed by atoms with E-state index in [2.05, 4.69) is 31.2 Å². The van der Waals surface area contributed by atoms with Gasteiger partial charge in [0.1, 0.15) is 5.82 Å². The molecule has 0 aliphatic rings. The second kappa shape index (κ2) is 8.88. The van der Waals surface area contributed by atoms with E-state index in [1.54, 1.807) is 6.07 Å². The van der Waals surface area contributed by atoms with Gasteiger partial charge < -0.3 is 21.3 Å². The number of urea groups is 1.